The Kier molecular flexibility index (Phi) is 7.21. The molecule has 0 aromatic heterocycles. The summed E-state index contributed by atoms with van der Waals surface area (Å²) in [6, 6.07) is 4.25. The van der Waals surface area contributed by atoms with Crippen molar-refractivity contribution in [2.75, 3.05) is 45.0 Å². The normalized spacial score (nSPS) is 15.8. The molecule has 1 aromatic carbocycles. The SMILES string of the molecule is Cc1cc(SCC(=O)NCCN2CCNCC2)c(C)cc1Br. The molecule has 0 aliphatic carbocycles. The van der Waals surface area contributed by atoms with Gasteiger partial charge in [0.05, 0.1) is 5.75 Å². The highest BCUT2D eigenvalue weighted by Crippen LogP contribution is 2.28. The summed E-state index contributed by atoms with van der Waals surface area (Å²) in [6.07, 6.45) is 0. The van der Waals surface area contributed by atoms with Crippen molar-refractivity contribution in [1.29, 1.82) is 0 Å². The van der Waals surface area contributed by atoms with Crippen molar-refractivity contribution >= 4 is 33.6 Å². The molecule has 2 N–H and O–H groups in total. The van der Waals surface area contributed by atoms with Crippen LogP contribution in [0.2, 0.25) is 0 Å². The van der Waals surface area contributed by atoms with Crippen LogP contribution in [0.25, 0.3) is 0 Å². The number of carbonyl (C=O) groups is 1. The zero-order valence-electron chi connectivity index (χ0n) is 13.2. The van der Waals surface area contributed by atoms with Crippen LogP contribution in [0, 0.1) is 13.8 Å². The second-order valence-corrected chi connectivity index (χ2v) is 7.47. The zero-order valence-corrected chi connectivity index (χ0v) is 15.6. The standard InChI is InChI=1S/C16H24BrN3OS/c1-12-10-15(13(2)9-14(12)17)22-11-16(21)19-5-8-20-6-3-18-4-7-20/h9-10,18H,3-8,11H2,1-2H3,(H,19,21). The Bertz CT molecular complexity index is 518. The summed E-state index contributed by atoms with van der Waals surface area (Å²) in [7, 11) is 0. The lowest BCUT2D eigenvalue weighted by molar-refractivity contribution is -0.118. The van der Waals surface area contributed by atoms with E-state index in [2.05, 4.69) is 57.4 Å². The summed E-state index contributed by atoms with van der Waals surface area (Å²) < 4.78 is 1.12. The van der Waals surface area contributed by atoms with E-state index in [4.69, 9.17) is 0 Å². The first-order valence-corrected chi connectivity index (χ1v) is 9.43. The van der Waals surface area contributed by atoms with Crippen LogP contribution in [0.4, 0.5) is 0 Å². The Morgan fingerprint density at radius 2 is 2.05 bits per heavy atom. The number of benzene rings is 1. The van der Waals surface area contributed by atoms with E-state index < -0.39 is 0 Å². The molecule has 0 atom stereocenters. The Labute approximate surface area is 145 Å². The summed E-state index contributed by atoms with van der Waals surface area (Å²) in [5.74, 6) is 0.587. The van der Waals surface area contributed by atoms with Crippen LogP contribution in [-0.2, 0) is 4.79 Å². The average molecular weight is 386 g/mol. The van der Waals surface area contributed by atoms with Gasteiger partial charge in [-0.15, -0.1) is 11.8 Å². The first-order chi connectivity index (χ1) is 10.6. The number of nitrogens with zero attached hydrogens (tertiary/aromatic N) is 1. The van der Waals surface area contributed by atoms with Gasteiger partial charge in [0.25, 0.3) is 0 Å². The third kappa shape index (κ3) is 5.57. The molecule has 6 heteroatoms. The summed E-state index contributed by atoms with van der Waals surface area (Å²) >= 11 is 5.14. The van der Waals surface area contributed by atoms with Gasteiger partial charge in [0.2, 0.25) is 5.91 Å². The van der Waals surface area contributed by atoms with Gasteiger partial charge in [-0.1, -0.05) is 15.9 Å². The fraction of sp³-hybridized carbons (Fsp3) is 0.562. The Balaban J connectivity index is 1.70. The molecule has 1 aliphatic heterocycles. The number of piperazine rings is 1. The van der Waals surface area contributed by atoms with Crippen molar-refractivity contribution in [2.24, 2.45) is 0 Å². The topological polar surface area (TPSA) is 44.4 Å². The van der Waals surface area contributed by atoms with E-state index in [0.29, 0.717) is 5.75 Å². The molecule has 22 heavy (non-hydrogen) atoms. The van der Waals surface area contributed by atoms with Gasteiger partial charge >= 0.3 is 0 Å². The molecule has 1 fully saturated rings. The van der Waals surface area contributed by atoms with Gasteiger partial charge in [-0.2, -0.15) is 0 Å². The summed E-state index contributed by atoms with van der Waals surface area (Å²) in [6.45, 7) is 10.1. The summed E-state index contributed by atoms with van der Waals surface area (Å²) in [5.41, 5.74) is 2.41. The van der Waals surface area contributed by atoms with Gasteiger partial charge in [0.1, 0.15) is 0 Å². The molecule has 1 aliphatic rings. The molecule has 1 saturated heterocycles. The molecule has 0 spiro atoms. The molecule has 1 aromatic rings. The zero-order chi connectivity index (χ0) is 15.9. The second-order valence-electron chi connectivity index (χ2n) is 5.60. The lowest BCUT2D eigenvalue weighted by Crippen LogP contribution is -2.46. The van der Waals surface area contributed by atoms with Crippen LogP contribution in [-0.4, -0.2) is 55.8 Å². The summed E-state index contributed by atoms with van der Waals surface area (Å²) in [5, 5.41) is 6.34. The molecule has 4 nitrogen and oxygen atoms in total. The van der Waals surface area contributed by atoms with E-state index in [-0.39, 0.29) is 5.91 Å². The van der Waals surface area contributed by atoms with Crippen LogP contribution in [0.3, 0.4) is 0 Å². The minimum absolute atomic E-state index is 0.111. The first-order valence-electron chi connectivity index (χ1n) is 7.65. The van der Waals surface area contributed by atoms with Crippen molar-refractivity contribution in [3.8, 4) is 0 Å². The number of thioether (sulfide) groups is 1. The molecule has 0 bridgehead atoms. The lowest BCUT2D eigenvalue weighted by atomic mass is 10.2. The molecule has 1 amide bonds. The summed E-state index contributed by atoms with van der Waals surface area (Å²) in [4.78, 5) is 15.5. The third-order valence-electron chi connectivity index (χ3n) is 3.77. The maximum absolute atomic E-state index is 11.9. The van der Waals surface area contributed by atoms with Crippen LogP contribution in [0.1, 0.15) is 11.1 Å². The Morgan fingerprint density at radius 3 is 2.77 bits per heavy atom. The van der Waals surface area contributed by atoms with Gasteiger partial charge in [-0.25, -0.2) is 0 Å². The van der Waals surface area contributed by atoms with E-state index in [9.17, 15) is 4.79 Å². The molecule has 122 valence electrons. The monoisotopic (exact) mass is 385 g/mol. The van der Waals surface area contributed by atoms with E-state index >= 15 is 0 Å². The van der Waals surface area contributed by atoms with Gasteiger partial charge in [0, 0.05) is 48.6 Å². The number of halogens is 1. The average Bonchev–Trinajstić information content (AvgIpc) is 2.50. The molecular formula is C16H24BrN3OS. The molecular weight excluding hydrogens is 362 g/mol. The van der Waals surface area contributed by atoms with Crippen LogP contribution in [0.15, 0.2) is 21.5 Å². The highest BCUT2D eigenvalue weighted by Gasteiger charge is 2.10. The minimum atomic E-state index is 0.111. The van der Waals surface area contributed by atoms with Crippen LogP contribution < -0.4 is 10.6 Å². The maximum atomic E-state index is 11.9. The van der Waals surface area contributed by atoms with Gasteiger partial charge in [-0.3, -0.25) is 9.69 Å². The molecule has 0 saturated carbocycles. The third-order valence-corrected chi connectivity index (χ3v) is 5.79. The second kappa shape index (κ2) is 8.91. The van der Waals surface area contributed by atoms with Crippen molar-refractivity contribution in [3.63, 3.8) is 0 Å². The quantitative estimate of drug-likeness (QED) is 0.736. The molecule has 0 radical (unpaired) electrons. The fourth-order valence-corrected chi connectivity index (χ4v) is 3.79. The van der Waals surface area contributed by atoms with Gasteiger partial charge in [-0.05, 0) is 37.1 Å². The highest BCUT2D eigenvalue weighted by atomic mass is 79.9. The van der Waals surface area contributed by atoms with Crippen LogP contribution in [0.5, 0.6) is 0 Å². The van der Waals surface area contributed by atoms with E-state index in [1.54, 1.807) is 11.8 Å². The molecule has 0 unspecified atom stereocenters. The van der Waals surface area contributed by atoms with Crippen molar-refractivity contribution in [1.82, 2.24) is 15.5 Å². The lowest BCUT2D eigenvalue weighted by Gasteiger charge is -2.27. The van der Waals surface area contributed by atoms with Gasteiger partial charge in [0.15, 0.2) is 0 Å². The van der Waals surface area contributed by atoms with Crippen LogP contribution >= 0.6 is 27.7 Å². The molecule has 2 rings (SSSR count). The Morgan fingerprint density at radius 1 is 1.32 bits per heavy atom. The largest absolute Gasteiger partial charge is 0.354 e. The number of hydrogen-bond acceptors (Lipinski definition) is 4. The number of hydrogen-bond donors (Lipinski definition) is 2. The highest BCUT2D eigenvalue weighted by molar-refractivity contribution is 9.10. The van der Waals surface area contributed by atoms with E-state index in [1.807, 2.05) is 0 Å². The predicted octanol–water partition coefficient (Wildman–Crippen LogP) is 2.18. The number of amides is 1. The predicted molar refractivity (Wildman–Crippen MR) is 96.7 cm³/mol. The fourth-order valence-electron chi connectivity index (χ4n) is 2.39. The number of rotatable bonds is 6. The van der Waals surface area contributed by atoms with Crippen molar-refractivity contribution < 1.29 is 4.79 Å². The maximum Gasteiger partial charge on any atom is 0.230 e. The number of nitrogens with one attached hydrogen (secondary N) is 2. The Hall–Kier alpha value is -0.560. The number of aryl methyl sites for hydroxylation is 2. The van der Waals surface area contributed by atoms with Crippen molar-refractivity contribution in [2.45, 2.75) is 18.7 Å². The van der Waals surface area contributed by atoms with Crippen molar-refractivity contribution in [3.05, 3.63) is 27.7 Å². The van der Waals surface area contributed by atoms with Gasteiger partial charge < -0.3 is 10.6 Å². The minimum Gasteiger partial charge on any atom is -0.354 e. The van der Waals surface area contributed by atoms with E-state index in [1.165, 1.54) is 16.0 Å². The first kappa shape index (κ1) is 17.8. The van der Waals surface area contributed by atoms with E-state index in [0.717, 1.165) is 43.7 Å². The number of carbonyl (C=O) groups excluding carboxylic acids is 1. The molecule has 1 heterocycles. The smallest absolute Gasteiger partial charge is 0.230 e.